The van der Waals surface area contributed by atoms with Crippen molar-refractivity contribution in [3.8, 4) is 0 Å². The molecule has 1 aromatic rings. The Kier molecular flexibility index (Phi) is 4.83. The fraction of sp³-hybridized carbons (Fsp3) is 0.467. The lowest BCUT2D eigenvalue weighted by Gasteiger charge is -2.21. The summed E-state index contributed by atoms with van der Waals surface area (Å²) in [6.45, 7) is 3.75. The normalized spacial score (nSPS) is 14.8. The van der Waals surface area contributed by atoms with Crippen molar-refractivity contribution in [1.29, 1.82) is 0 Å². The summed E-state index contributed by atoms with van der Waals surface area (Å²) in [5.74, 6) is -1.12. The van der Waals surface area contributed by atoms with Crippen LogP contribution in [-0.2, 0) is 16.0 Å². The number of nitro benzene ring substituents is 1. The summed E-state index contributed by atoms with van der Waals surface area (Å²) < 4.78 is 0. The van der Waals surface area contributed by atoms with Crippen molar-refractivity contribution in [3.63, 3.8) is 0 Å². The van der Waals surface area contributed by atoms with Crippen molar-refractivity contribution in [2.75, 3.05) is 10.6 Å². The summed E-state index contributed by atoms with van der Waals surface area (Å²) in [6, 6.07) is 1.90. The molecule has 2 rings (SSSR count). The number of nitro groups is 1. The molecule has 0 radical (unpaired) electrons. The Hall–Kier alpha value is -2.64. The van der Waals surface area contributed by atoms with Crippen LogP contribution >= 0.6 is 0 Å². The van der Waals surface area contributed by atoms with E-state index >= 15 is 0 Å². The monoisotopic (exact) mass is 321 g/mol. The van der Waals surface area contributed by atoms with Crippen molar-refractivity contribution < 1.29 is 19.6 Å². The first-order valence-corrected chi connectivity index (χ1v) is 7.38. The minimum absolute atomic E-state index is 0.101. The van der Waals surface area contributed by atoms with Gasteiger partial charge in [-0.15, -0.1) is 0 Å². The van der Waals surface area contributed by atoms with Crippen LogP contribution in [0.15, 0.2) is 12.1 Å². The Labute approximate surface area is 133 Å². The molecule has 1 aliphatic heterocycles. The number of hydrogen-bond acceptors (Lipinski definition) is 5. The number of carboxylic acid groups (broad SMARTS) is 1. The van der Waals surface area contributed by atoms with Crippen LogP contribution in [0.4, 0.5) is 17.1 Å². The van der Waals surface area contributed by atoms with Crippen LogP contribution in [0.3, 0.4) is 0 Å². The molecule has 0 bridgehead atoms. The number of anilines is 2. The van der Waals surface area contributed by atoms with E-state index < -0.39 is 16.9 Å². The fourth-order valence-corrected chi connectivity index (χ4v) is 2.56. The van der Waals surface area contributed by atoms with Crippen molar-refractivity contribution in [2.24, 2.45) is 5.92 Å². The molecule has 0 unspecified atom stereocenters. The second-order valence-corrected chi connectivity index (χ2v) is 6.00. The number of aliphatic carboxylic acids is 1. The van der Waals surface area contributed by atoms with Crippen molar-refractivity contribution in [3.05, 3.63) is 27.8 Å². The Bertz CT molecular complexity index is 657. The maximum atomic E-state index is 11.5. The maximum Gasteiger partial charge on any atom is 0.326 e. The fourth-order valence-electron chi connectivity index (χ4n) is 2.56. The predicted octanol–water partition coefficient (Wildman–Crippen LogP) is 2.39. The number of nitrogens with zero attached hydrogens (tertiary/aromatic N) is 1. The predicted molar refractivity (Wildman–Crippen MR) is 84.5 cm³/mol. The molecular weight excluding hydrogens is 302 g/mol. The number of fused-ring (bicyclic) bond motifs is 1. The molecule has 0 saturated carbocycles. The van der Waals surface area contributed by atoms with Crippen LogP contribution in [0.2, 0.25) is 0 Å². The molecule has 1 aliphatic rings. The van der Waals surface area contributed by atoms with Gasteiger partial charge in [0.1, 0.15) is 11.7 Å². The third-order valence-electron chi connectivity index (χ3n) is 3.65. The summed E-state index contributed by atoms with van der Waals surface area (Å²) in [5, 5.41) is 26.0. The number of benzene rings is 1. The molecule has 0 fully saturated rings. The number of nitrogens with one attached hydrogen (secondary N) is 2. The van der Waals surface area contributed by atoms with Gasteiger partial charge in [0, 0.05) is 18.2 Å². The number of carbonyl (C=O) groups excluding carboxylic acids is 1. The summed E-state index contributed by atoms with van der Waals surface area (Å²) in [6.07, 6.45) is 1.04. The highest BCUT2D eigenvalue weighted by Crippen LogP contribution is 2.34. The van der Waals surface area contributed by atoms with Crippen molar-refractivity contribution >= 4 is 28.9 Å². The smallest absolute Gasteiger partial charge is 0.326 e. The third kappa shape index (κ3) is 3.97. The average Bonchev–Trinajstić information content (AvgIpc) is 2.44. The minimum atomic E-state index is -1.07. The Morgan fingerprint density at radius 2 is 2.13 bits per heavy atom. The SMILES string of the molecule is CC(C)C[C@H](Nc1cc2c(cc1[N+](=O)[O-])CCC(=O)N2)C(=O)O. The molecule has 0 saturated heterocycles. The molecule has 0 aromatic heterocycles. The summed E-state index contributed by atoms with van der Waals surface area (Å²) >= 11 is 0. The van der Waals surface area contributed by atoms with E-state index in [-0.39, 0.29) is 29.6 Å². The summed E-state index contributed by atoms with van der Waals surface area (Å²) in [4.78, 5) is 33.6. The molecule has 0 spiro atoms. The number of carboxylic acids is 1. The second-order valence-electron chi connectivity index (χ2n) is 6.00. The lowest BCUT2D eigenvalue weighted by molar-refractivity contribution is -0.384. The first-order chi connectivity index (χ1) is 10.8. The molecule has 1 atom stereocenters. The van der Waals surface area contributed by atoms with Gasteiger partial charge in [0.2, 0.25) is 5.91 Å². The highest BCUT2D eigenvalue weighted by atomic mass is 16.6. The van der Waals surface area contributed by atoms with Gasteiger partial charge in [-0.2, -0.15) is 0 Å². The summed E-state index contributed by atoms with van der Waals surface area (Å²) in [5.41, 5.74) is 1.08. The van der Waals surface area contributed by atoms with Crippen molar-refractivity contribution in [2.45, 2.75) is 39.2 Å². The highest BCUT2D eigenvalue weighted by molar-refractivity contribution is 5.95. The first-order valence-electron chi connectivity index (χ1n) is 7.38. The molecule has 1 amide bonds. The topological polar surface area (TPSA) is 122 Å². The Morgan fingerprint density at radius 1 is 1.43 bits per heavy atom. The van der Waals surface area contributed by atoms with Gasteiger partial charge in [-0.25, -0.2) is 4.79 Å². The van der Waals surface area contributed by atoms with Gasteiger partial charge in [-0.3, -0.25) is 14.9 Å². The molecule has 1 aromatic carbocycles. The molecule has 3 N–H and O–H groups in total. The molecule has 8 heteroatoms. The number of carbonyl (C=O) groups is 2. The van der Waals surface area contributed by atoms with E-state index in [0.29, 0.717) is 24.1 Å². The number of amides is 1. The lowest BCUT2D eigenvalue weighted by atomic mass is 10.00. The zero-order valence-corrected chi connectivity index (χ0v) is 13.0. The standard InChI is InChI=1S/C15H19N3O5/c1-8(2)5-12(15(20)21)16-11-7-10-9(3-4-14(19)17-10)6-13(11)18(22)23/h6-8,12,16H,3-5H2,1-2H3,(H,17,19)(H,20,21)/t12-/m0/s1. The Balaban J connectivity index is 2.39. The zero-order chi connectivity index (χ0) is 17.1. The van der Waals surface area contributed by atoms with E-state index in [1.807, 2.05) is 13.8 Å². The third-order valence-corrected chi connectivity index (χ3v) is 3.65. The average molecular weight is 321 g/mol. The minimum Gasteiger partial charge on any atom is -0.480 e. The number of hydrogen-bond donors (Lipinski definition) is 3. The van der Waals surface area contributed by atoms with E-state index in [1.54, 1.807) is 0 Å². The van der Waals surface area contributed by atoms with Crippen LogP contribution in [-0.4, -0.2) is 27.9 Å². The molecule has 124 valence electrons. The van der Waals surface area contributed by atoms with E-state index in [9.17, 15) is 24.8 Å². The highest BCUT2D eigenvalue weighted by Gasteiger charge is 2.26. The molecule has 8 nitrogen and oxygen atoms in total. The van der Waals surface area contributed by atoms with Gasteiger partial charge in [-0.1, -0.05) is 13.8 Å². The summed E-state index contributed by atoms with van der Waals surface area (Å²) in [7, 11) is 0. The first kappa shape index (κ1) is 16.7. The largest absolute Gasteiger partial charge is 0.480 e. The van der Waals surface area contributed by atoms with Crippen LogP contribution in [0.1, 0.15) is 32.3 Å². The van der Waals surface area contributed by atoms with E-state index in [0.717, 1.165) is 0 Å². The quantitative estimate of drug-likeness (QED) is 0.546. The molecular formula is C15H19N3O5. The second kappa shape index (κ2) is 6.64. The maximum absolute atomic E-state index is 11.5. The number of rotatable bonds is 6. The van der Waals surface area contributed by atoms with Gasteiger partial charge in [-0.05, 0) is 30.4 Å². The van der Waals surface area contributed by atoms with Crippen LogP contribution < -0.4 is 10.6 Å². The van der Waals surface area contributed by atoms with Crippen LogP contribution in [0.5, 0.6) is 0 Å². The van der Waals surface area contributed by atoms with E-state index in [1.165, 1.54) is 12.1 Å². The van der Waals surface area contributed by atoms with Gasteiger partial charge in [0.15, 0.2) is 0 Å². The van der Waals surface area contributed by atoms with Gasteiger partial charge in [0.05, 0.1) is 4.92 Å². The molecule has 0 aliphatic carbocycles. The molecule has 1 heterocycles. The lowest BCUT2D eigenvalue weighted by Crippen LogP contribution is -2.31. The Morgan fingerprint density at radius 3 is 2.70 bits per heavy atom. The molecule has 23 heavy (non-hydrogen) atoms. The van der Waals surface area contributed by atoms with Crippen molar-refractivity contribution in [1.82, 2.24) is 0 Å². The zero-order valence-electron chi connectivity index (χ0n) is 13.0. The van der Waals surface area contributed by atoms with E-state index in [2.05, 4.69) is 10.6 Å². The van der Waals surface area contributed by atoms with Gasteiger partial charge in [0.25, 0.3) is 5.69 Å². The van der Waals surface area contributed by atoms with Crippen LogP contribution in [0, 0.1) is 16.0 Å². The van der Waals surface area contributed by atoms with Gasteiger partial charge < -0.3 is 15.7 Å². The van der Waals surface area contributed by atoms with Gasteiger partial charge >= 0.3 is 5.97 Å². The van der Waals surface area contributed by atoms with Crippen LogP contribution in [0.25, 0.3) is 0 Å². The van der Waals surface area contributed by atoms with E-state index in [4.69, 9.17) is 0 Å². The number of aryl methyl sites for hydroxylation is 1.